The second kappa shape index (κ2) is 5.19. The molecule has 18 heavy (non-hydrogen) atoms. The molecule has 3 nitrogen and oxygen atoms in total. The Morgan fingerprint density at radius 1 is 1.17 bits per heavy atom. The van der Waals surface area contributed by atoms with E-state index in [9.17, 15) is 0 Å². The molecule has 0 saturated carbocycles. The van der Waals surface area contributed by atoms with Crippen LogP contribution in [0.1, 0.15) is 23.1 Å². The number of methoxy groups -OCH3 is 2. The van der Waals surface area contributed by atoms with Crippen LogP contribution >= 0.6 is 0 Å². The van der Waals surface area contributed by atoms with E-state index in [4.69, 9.17) is 9.47 Å². The lowest BCUT2D eigenvalue weighted by atomic mass is 9.85. The van der Waals surface area contributed by atoms with Crippen molar-refractivity contribution in [3.63, 3.8) is 0 Å². The first-order valence-electron chi connectivity index (χ1n) is 6.48. The molecule has 0 spiro atoms. The van der Waals surface area contributed by atoms with Gasteiger partial charge in [-0.2, -0.15) is 0 Å². The molecule has 0 aromatic heterocycles. The lowest BCUT2D eigenvalue weighted by Crippen LogP contribution is -2.34. The molecule has 0 amide bonds. The summed E-state index contributed by atoms with van der Waals surface area (Å²) in [4.78, 5) is 2.30. The lowest BCUT2D eigenvalue weighted by Gasteiger charge is -2.32. The SMILES string of the molecule is COc1cc(C)c(OC)c2c1CCC(N(C)C)C2. The van der Waals surface area contributed by atoms with Crippen LogP contribution in [0.2, 0.25) is 0 Å². The zero-order valence-corrected chi connectivity index (χ0v) is 12.0. The van der Waals surface area contributed by atoms with Gasteiger partial charge < -0.3 is 14.4 Å². The molecule has 0 heterocycles. The number of benzene rings is 1. The zero-order valence-electron chi connectivity index (χ0n) is 12.0. The van der Waals surface area contributed by atoms with Gasteiger partial charge >= 0.3 is 0 Å². The smallest absolute Gasteiger partial charge is 0.125 e. The first kappa shape index (κ1) is 13.2. The van der Waals surface area contributed by atoms with Crippen molar-refractivity contribution in [2.24, 2.45) is 0 Å². The normalized spacial score (nSPS) is 18.7. The third-order valence-electron chi connectivity index (χ3n) is 3.96. The van der Waals surface area contributed by atoms with Crippen LogP contribution in [0.5, 0.6) is 11.5 Å². The van der Waals surface area contributed by atoms with Gasteiger partial charge in [0.2, 0.25) is 0 Å². The molecular formula is C15H23NO2. The number of hydrogen-bond donors (Lipinski definition) is 0. The number of aryl methyl sites for hydroxylation is 1. The Hall–Kier alpha value is -1.22. The van der Waals surface area contributed by atoms with Crippen molar-refractivity contribution in [2.45, 2.75) is 32.2 Å². The molecule has 0 radical (unpaired) electrons. The van der Waals surface area contributed by atoms with Gasteiger partial charge in [-0.15, -0.1) is 0 Å². The number of nitrogens with zero attached hydrogens (tertiary/aromatic N) is 1. The van der Waals surface area contributed by atoms with E-state index in [-0.39, 0.29) is 0 Å². The Bertz CT molecular complexity index is 441. The molecular weight excluding hydrogens is 226 g/mol. The van der Waals surface area contributed by atoms with Gasteiger partial charge in [0.25, 0.3) is 0 Å². The van der Waals surface area contributed by atoms with E-state index in [0.717, 1.165) is 29.9 Å². The fraction of sp³-hybridized carbons (Fsp3) is 0.600. The maximum absolute atomic E-state index is 5.60. The highest BCUT2D eigenvalue weighted by atomic mass is 16.5. The number of ether oxygens (including phenoxy) is 2. The number of likely N-dealkylation sites (N-methyl/N-ethyl adjacent to an activating group) is 1. The van der Waals surface area contributed by atoms with Crippen LogP contribution in [0.25, 0.3) is 0 Å². The summed E-state index contributed by atoms with van der Waals surface area (Å²) in [7, 11) is 7.80. The van der Waals surface area contributed by atoms with Gasteiger partial charge in [0.15, 0.2) is 0 Å². The van der Waals surface area contributed by atoms with Crippen molar-refractivity contribution in [3.8, 4) is 11.5 Å². The van der Waals surface area contributed by atoms with E-state index in [1.807, 2.05) is 0 Å². The van der Waals surface area contributed by atoms with Crippen LogP contribution in [0.4, 0.5) is 0 Å². The summed E-state index contributed by atoms with van der Waals surface area (Å²) < 4.78 is 11.1. The van der Waals surface area contributed by atoms with E-state index in [0.29, 0.717) is 6.04 Å². The molecule has 1 aromatic carbocycles. The van der Waals surface area contributed by atoms with Gasteiger partial charge in [-0.3, -0.25) is 0 Å². The van der Waals surface area contributed by atoms with Gasteiger partial charge in [-0.05, 0) is 51.9 Å². The zero-order chi connectivity index (χ0) is 13.3. The van der Waals surface area contributed by atoms with Crippen molar-refractivity contribution in [1.29, 1.82) is 0 Å². The maximum Gasteiger partial charge on any atom is 0.125 e. The number of fused-ring (bicyclic) bond motifs is 1. The predicted molar refractivity (Wildman–Crippen MR) is 73.8 cm³/mol. The first-order valence-corrected chi connectivity index (χ1v) is 6.48. The minimum absolute atomic E-state index is 0.595. The average Bonchev–Trinajstić information content (AvgIpc) is 2.37. The van der Waals surface area contributed by atoms with Crippen molar-refractivity contribution in [2.75, 3.05) is 28.3 Å². The van der Waals surface area contributed by atoms with Crippen LogP contribution < -0.4 is 9.47 Å². The molecule has 0 saturated heterocycles. The molecule has 3 heteroatoms. The minimum atomic E-state index is 0.595. The molecule has 100 valence electrons. The van der Waals surface area contributed by atoms with Crippen molar-refractivity contribution in [3.05, 3.63) is 22.8 Å². The molecule has 2 rings (SSSR count). The van der Waals surface area contributed by atoms with Gasteiger partial charge in [-0.1, -0.05) is 0 Å². The number of rotatable bonds is 3. The summed E-state index contributed by atoms with van der Waals surface area (Å²) in [5.41, 5.74) is 3.82. The lowest BCUT2D eigenvalue weighted by molar-refractivity contribution is 0.262. The molecule has 0 N–H and O–H groups in total. The third-order valence-corrected chi connectivity index (χ3v) is 3.96. The molecule has 1 aliphatic carbocycles. The monoisotopic (exact) mass is 249 g/mol. The summed E-state index contributed by atoms with van der Waals surface area (Å²) in [6.07, 6.45) is 3.30. The molecule has 1 atom stereocenters. The molecule has 0 bridgehead atoms. The first-order chi connectivity index (χ1) is 8.58. The largest absolute Gasteiger partial charge is 0.496 e. The van der Waals surface area contributed by atoms with Gasteiger partial charge in [0.05, 0.1) is 14.2 Å². The fourth-order valence-electron chi connectivity index (χ4n) is 2.92. The Balaban J connectivity index is 2.49. The van der Waals surface area contributed by atoms with Crippen molar-refractivity contribution in [1.82, 2.24) is 4.90 Å². The molecule has 0 fully saturated rings. The Kier molecular flexibility index (Phi) is 3.81. The predicted octanol–water partition coefficient (Wildman–Crippen LogP) is 2.43. The summed E-state index contributed by atoms with van der Waals surface area (Å²) in [5, 5.41) is 0. The second-order valence-electron chi connectivity index (χ2n) is 5.25. The highest BCUT2D eigenvalue weighted by Gasteiger charge is 2.26. The topological polar surface area (TPSA) is 21.7 Å². The standard InChI is InChI=1S/C15H23NO2/c1-10-8-14(17-4)12-7-6-11(16(2)3)9-13(12)15(10)18-5/h8,11H,6-7,9H2,1-5H3. The minimum Gasteiger partial charge on any atom is -0.496 e. The maximum atomic E-state index is 5.60. The highest BCUT2D eigenvalue weighted by Crippen LogP contribution is 2.39. The average molecular weight is 249 g/mol. The van der Waals surface area contributed by atoms with E-state index < -0.39 is 0 Å². The van der Waals surface area contributed by atoms with Gasteiger partial charge in [-0.25, -0.2) is 0 Å². The van der Waals surface area contributed by atoms with Crippen LogP contribution in [0, 0.1) is 6.92 Å². The van der Waals surface area contributed by atoms with Crippen LogP contribution in [-0.2, 0) is 12.8 Å². The quantitative estimate of drug-likeness (QED) is 0.821. The summed E-state index contributed by atoms with van der Waals surface area (Å²) >= 11 is 0. The van der Waals surface area contributed by atoms with E-state index in [1.54, 1.807) is 14.2 Å². The van der Waals surface area contributed by atoms with Crippen LogP contribution in [0.15, 0.2) is 6.07 Å². The number of hydrogen-bond acceptors (Lipinski definition) is 3. The van der Waals surface area contributed by atoms with Crippen molar-refractivity contribution < 1.29 is 9.47 Å². The Morgan fingerprint density at radius 3 is 2.44 bits per heavy atom. The second-order valence-corrected chi connectivity index (χ2v) is 5.25. The highest BCUT2D eigenvalue weighted by molar-refractivity contribution is 5.54. The fourth-order valence-corrected chi connectivity index (χ4v) is 2.92. The van der Waals surface area contributed by atoms with Crippen LogP contribution in [0.3, 0.4) is 0 Å². The Labute approximate surface area is 110 Å². The van der Waals surface area contributed by atoms with Gasteiger partial charge in [0.1, 0.15) is 11.5 Å². The summed E-state index contributed by atoms with van der Waals surface area (Å²) in [6, 6.07) is 2.69. The van der Waals surface area contributed by atoms with E-state index in [2.05, 4.69) is 32.0 Å². The molecule has 1 unspecified atom stereocenters. The third kappa shape index (κ3) is 2.19. The van der Waals surface area contributed by atoms with Crippen molar-refractivity contribution >= 4 is 0 Å². The summed E-state index contributed by atoms with van der Waals surface area (Å²) in [5.74, 6) is 2.05. The molecule has 1 aliphatic rings. The molecule has 1 aromatic rings. The Morgan fingerprint density at radius 2 is 1.89 bits per heavy atom. The van der Waals surface area contributed by atoms with E-state index >= 15 is 0 Å². The van der Waals surface area contributed by atoms with Crippen LogP contribution in [-0.4, -0.2) is 39.3 Å². The van der Waals surface area contributed by atoms with E-state index in [1.165, 1.54) is 17.5 Å². The summed E-state index contributed by atoms with van der Waals surface area (Å²) in [6.45, 7) is 2.08. The molecule has 0 aliphatic heterocycles. The van der Waals surface area contributed by atoms with Gasteiger partial charge in [0, 0.05) is 17.2 Å².